The quantitative estimate of drug-likeness (QED) is 0.466. The number of hydrogen-bond donors (Lipinski definition) is 1. The maximum absolute atomic E-state index is 13.4. The molecule has 1 N–H and O–H groups in total. The predicted molar refractivity (Wildman–Crippen MR) is 126 cm³/mol. The van der Waals surface area contributed by atoms with Gasteiger partial charge >= 0.3 is 0 Å². The van der Waals surface area contributed by atoms with Crippen LogP contribution in [-0.4, -0.2) is 12.5 Å². The Morgan fingerprint density at radius 1 is 0.938 bits per heavy atom. The monoisotopic (exact) mass is 427 g/mol. The van der Waals surface area contributed by atoms with Crippen LogP contribution in [-0.2, 0) is 11.3 Å². The third kappa shape index (κ3) is 4.57. The number of rotatable bonds is 6. The second-order valence-corrected chi connectivity index (χ2v) is 7.96. The fraction of sp³-hybridized carbons (Fsp3) is 0.185. The number of benzene rings is 3. The summed E-state index contributed by atoms with van der Waals surface area (Å²) < 4.78 is 11.9. The molecule has 1 aromatic heterocycles. The summed E-state index contributed by atoms with van der Waals surface area (Å²) in [6.07, 6.45) is 0. The van der Waals surface area contributed by atoms with Crippen molar-refractivity contribution in [3.05, 3.63) is 99.2 Å². The van der Waals surface area contributed by atoms with Crippen molar-refractivity contribution in [1.29, 1.82) is 0 Å². The fourth-order valence-corrected chi connectivity index (χ4v) is 3.68. The first-order valence-corrected chi connectivity index (χ1v) is 10.5. The molecule has 162 valence electrons. The van der Waals surface area contributed by atoms with E-state index in [0.717, 1.165) is 22.3 Å². The van der Waals surface area contributed by atoms with Gasteiger partial charge in [-0.1, -0.05) is 66.2 Å². The van der Waals surface area contributed by atoms with Crippen LogP contribution in [0.15, 0.2) is 75.9 Å². The topological polar surface area (TPSA) is 68.5 Å². The second kappa shape index (κ2) is 9.10. The van der Waals surface area contributed by atoms with Gasteiger partial charge in [-0.15, -0.1) is 0 Å². The zero-order chi connectivity index (χ0) is 22.7. The molecule has 0 aliphatic rings. The molecule has 4 aromatic rings. The lowest BCUT2D eigenvalue weighted by atomic mass is 10.0. The minimum absolute atomic E-state index is 0.0446. The predicted octanol–water partition coefficient (Wildman–Crippen LogP) is 5.08. The van der Waals surface area contributed by atoms with Crippen LogP contribution in [0.1, 0.15) is 22.3 Å². The van der Waals surface area contributed by atoms with Crippen molar-refractivity contribution in [3.63, 3.8) is 0 Å². The van der Waals surface area contributed by atoms with Crippen molar-refractivity contribution < 1.29 is 13.9 Å². The minimum atomic E-state index is -0.316. The Hall–Kier alpha value is -3.86. The largest absolute Gasteiger partial charge is 0.476 e. The molecule has 0 fully saturated rings. The van der Waals surface area contributed by atoms with Crippen molar-refractivity contribution in [2.75, 3.05) is 6.61 Å². The Balaban J connectivity index is 1.67. The molecule has 1 heterocycles. The summed E-state index contributed by atoms with van der Waals surface area (Å²) in [5.41, 5.74) is 4.82. The van der Waals surface area contributed by atoms with Crippen molar-refractivity contribution >= 4 is 16.9 Å². The molecule has 0 saturated heterocycles. The van der Waals surface area contributed by atoms with Crippen molar-refractivity contribution in [1.82, 2.24) is 5.32 Å². The lowest BCUT2D eigenvalue weighted by Gasteiger charge is -2.13. The SMILES string of the molecule is Cc1ccc(-c2oc3cc(C)cc(C)c3c(=O)c2OCC(=O)NCc2ccccc2)cc1. The van der Waals surface area contributed by atoms with Crippen LogP contribution in [0, 0.1) is 20.8 Å². The van der Waals surface area contributed by atoms with Gasteiger partial charge in [0.1, 0.15) is 5.58 Å². The zero-order valence-electron chi connectivity index (χ0n) is 18.4. The Bertz CT molecular complexity index is 1320. The third-order valence-electron chi connectivity index (χ3n) is 5.29. The fourth-order valence-electron chi connectivity index (χ4n) is 3.68. The van der Waals surface area contributed by atoms with E-state index in [0.29, 0.717) is 28.8 Å². The van der Waals surface area contributed by atoms with E-state index in [-0.39, 0.29) is 23.7 Å². The van der Waals surface area contributed by atoms with Crippen LogP contribution in [0.2, 0.25) is 0 Å². The summed E-state index contributed by atoms with van der Waals surface area (Å²) in [6, 6.07) is 21.0. The Morgan fingerprint density at radius 3 is 2.38 bits per heavy atom. The molecule has 32 heavy (non-hydrogen) atoms. The number of hydrogen-bond acceptors (Lipinski definition) is 4. The van der Waals surface area contributed by atoms with Crippen molar-refractivity contribution in [3.8, 4) is 17.1 Å². The third-order valence-corrected chi connectivity index (χ3v) is 5.29. The van der Waals surface area contributed by atoms with Crippen LogP contribution in [0.25, 0.3) is 22.3 Å². The number of ether oxygens (including phenoxy) is 1. The van der Waals surface area contributed by atoms with Gasteiger partial charge in [-0.3, -0.25) is 9.59 Å². The lowest BCUT2D eigenvalue weighted by Crippen LogP contribution is -2.29. The van der Waals surface area contributed by atoms with Gasteiger partial charge in [0.05, 0.1) is 5.39 Å². The van der Waals surface area contributed by atoms with Crippen LogP contribution in [0.4, 0.5) is 0 Å². The summed E-state index contributed by atoms with van der Waals surface area (Å²) in [4.78, 5) is 25.8. The highest BCUT2D eigenvalue weighted by Crippen LogP contribution is 2.32. The molecule has 0 aliphatic heterocycles. The highest BCUT2D eigenvalue weighted by molar-refractivity contribution is 5.86. The number of amides is 1. The van der Waals surface area contributed by atoms with Crippen molar-refractivity contribution in [2.45, 2.75) is 27.3 Å². The molecule has 0 unspecified atom stereocenters. The molecule has 5 nitrogen and oxygen atoms in total. The molecule has 0 radical (unpaired) electrons. The Kier molecular flexibility index (Phi) is 6.08. The second-order valence-electron chi connectivity index (χ2n) is 7.96. The van der Waals surface area contributed by atoms with Gasteiger partial charge in [0.2, 0.25) is 11.2 Å². The molecule has 4 rings (SSSR count). The minimum Gasteiger partial charge on any atom is -0.476 e. The highest BCUT2D eigenvalue weighted by atomic mass is 16.5. The molecular formula is C27H25NO4. The van der Waals surface area contributed by atoms with Gasteiger partial charge in [-0.05, 0) is 43.5 Å². The number of aryl methyl sites for hydroxylation is 3. The summed E-state index contributed by atoms with van der Waals surface area (Å²) >= 11 is 0. The van der Waals surface area contributed by atoms with E-state index < -0.39 is 0 Å². The van der Waals surface area contributed by atoms with Gasteiger partial charge in [0, 0.05) is 12.1 Å². The molecule has 0 saturated carbocycles. The standard InChI is InChI=1S/C27H25NO4/c1-17-9-11-21(12-10-17)26-27(25(30)24-19(3)13-18(2)14-22(24)32-26)31-16-23(29)28-15-20-7-5-4-6-8-20/h4-14H,15-16H2,1-3H3,(H,28,29). The van der Waals surface area contributed by atoms with Gasteiger partial charge in [-0.25, -0.2) is 0 Å². The molecule has 5 heteroatoms. The maximum atomic E-state index is 13.4. The van der Waals surface area contributed by atoms with E-state index in [2.05, 4.69) is 5.32 Å². The van der Waals surface area contributed by atoms with Crippen LogP contribution < -0.4 is 15.5 Å². The number of carbonyl (C=O) groups is 1. The average molecular weight is 428 g/mol. The molecule has 3 aromatic carbocycles. The van der Waals surface area contributed by atoms with E-state index in [4.69, 9.17) is 9.15 Å². The molecule has 0 atom stereocenters. The van der Waals surface area contributed by atoms with Gasteiger partial charge in [0.15, 0.2) is 12.4 Å². The van der Waals surface area contributed by atoms with Gasteiger partial charge in [-0.2, -0.15) is 0 Å². The van der Waals surface area contributed by atoms with E-state index in [1.807, 2.05) is 87.5 Å². The van der Waals surface area contributed by atoms with Crippen LogP contribution >= 0.6 is 0 Å². The normalized spacial score (nSPS) is 10.8. The lowest BCUT2D eigenvalue weighted by molar-refractivity contribution is -0.123. The summed E-state index contributed by atoms with van der Waals surface area (Å²) in [7, 11) is 0. The molecule has 0 spiro atoms. The first kappa shape index (κ1) is 21.4. The zero-order valence-corrected chi connectivity index (χ0v) is 18.4. The average Bonchev–Trinajstić information content (AvgIpc) is 2.77. The number of fused-ring (bicyclic) bond motifs is 1. The Morgan fingerprint density at radius 2 is 1.66 bits per heavy atom. The molecular weight excluding hydrogens is 402 g/mol. The van der Waals surface area contributed by atoms with E-state index in [1.54, 1.807) is 0 Å². The molecule has 0 aliphatic carbocycles. The van der Waals surface area contributed by atoms with E-state index in [9.17, 15) is 9.59 Å². The first-order valence-electron chi connectivity index (χ1n) is 10.5. The molecule has 0 bridgehead atoms. The Labute approximate surface area is 186 Å². The summed E-state index contributed by atoms with van der Waals surface area (Å²) in [6.45, 7) is 5.92. The number of nitrogens with one attached hydrogen (secondary N) is 1. The summed E-state index contributed by atoms with van der Waals surface area (Å²) in [5, 5.41) is 3.28. The molecule has 1 amide bonds. The van der Waals surface area contributed by atoms with Gasteiger partial charge in [0.25, 0.3) is 5.91 Å². The van der Waals surface area contributed by atoms with Gasteiger partial charge < -0.3 is 14.5 Å². The van der Waals surface area contributed by atoms with E-state index >= 15 is 0 Å². The summed E-state index contributed by atoms with van der Waals surface area (Å²) in [5.74, 6) is 0.0513. The first-order chi connectivity index (χ1) is 15.4. The van der Waals surface area contributed by atoms with E-state index in [1.165, 1.54) is 0 Å². The maximum Gasteiger partial charge on any atom is 0.258 e. The van der Waals surface area contributed by atoms with Crippen molar-refractivity contribution in [2.24, 2.45) is 0 Å². The smallest absolute Gasteiger partial charge is 0.258 e. The number of carbonyl (C=O) groups excluding carboxylic acids is 1. The van der Waals surface area contributed by atoms with Crippen LogP contribution in [0.5, 0.6) is 5.75 Å². The highest BCUT2D eigenvalue weighted by Gasteiger charge is 2.20. The van der Waals surface area contributed by atoms with Crippen LogP contribution in [0.3, 0.4) is 0 Å².